The summed E-state index contributed by atoms with van der Waals surface area (Å²) in [6, 6.07) is 11.4. The molecule has 1 aliphatic rings. The lowest BCUT2D eigenvalue weighted by atomic mass is 10.2. The van der Waals surface area contributed by atoms with Gasteiger partial charge in [-0.25, -0.2) is 4.98 Å². The van der Waals surface area contributed by atoms with E-state index < -0.39 is 0 Å². The number of hydrogen-bond acceptors (Lipinski definition) is 6. The number of carbonyl (C=O) groups excluding carboxylic acids is 2. The number of aromatic nitrogens is 1. The van der Waals surface area contributed by atoms with E-state index in [9.17, 15) is 9.59 Å². The van der Waals surface area contributed by atoms with E-state index in [4.69, 9.17) is 9.47 Å². The monoisotopic (exact) mass is 384 g/mol. The zero-order chi connectivity index (χ0) is 19.8. The highest BCUT2D eigenvalue weighted by Crippen LogP contribution is 2.16. The molecule has 0 atom stereocenters. The fourth-order valence-electron chi connectivity index (χ4n) is 2.78. The van der Waals surface area contributed by atoms with E-state index in [0.717, 1.165) is 37.6 Å². The van der Waals surface area contributed by atoms with Crippen LogP contribution in [0.15, 0.2) is 42.6 Å². The highest BCUT2D eigenvalue weighted by molar-refractivity contribution is 5.88. The summed E-state index contributed by atoms with van der Waals surface area (Å²) in [6.45, 7) is 5.02. The first-order valence-electron chi connectivity index (χ1n) is 9.15. The number of nitrogens with one attached hydrogen (secondary N) is 2. The van der Waals surface area contributed by atoms with Crippen molar-refractivity contribution in [1.82, 2.24) is 10.3 Å². The number of benzene rings is 1. The molecule has 2 heterocycles. The SMILES string of the molecule is CC(=O)Nc1ccc(OCC(=O)NCc2ccc(N3CCOCC3)cc2)nc1. The number of carbonyl (C=O) groups is 2. The maximum atomic E-state index is 12.0. The third kappa shape index (κ3) is 5.95. The van der Waals surface area contributed by atoms with Crippen LogP contribution >= 0.6 is 0 Å². The zero-order valence-corrected chi connectivity index (χ0v) is 15.8. The van der Waals surface area contributed by atoms with Crippen LogP contribution in [0.5, 0.6) is 5.88 Å². The molecule has 1 aliphatic heterocycles. The van der Waals surface area contributed by atoms with Gasteiger partial charge in [0.2, 0.25) is 11.8 Å². The Labute approximate surface area is 163 Å². The first-order chi connectivity index (χ1) is 13.6. The van der Waals surface area contributed by atoms with Crippen LogP contribution in [0.1, 0.15) is 12.5 Å². The van der Waals surface area contributed by atoms with E-state index in [1.54, 1.807) is 12.1 Å². The van der Waals surface area contributed by atoms with Crippen LogP contribution in [0.3, 0.4) is 0 Å². The van der Waals surface area contributed by atoms with Gasteiger partial charge < -0.3 is 25.0 Å². The average molecular weight is 384 g/mol. The van der Waals surface area contributed by atoms with Crippen molar-refractivity contribution < 1.29 is 19.1 Å². The smallest absolute Gasteiger partial charge is 0.258 e. The Morgan fingerprint density at radius 1 is 1.14 bits per heavy atom. The Morgan fingerprint density at radius 3 is 2.54 bits per heavy atom. The molecule has 8 heteroatoms. The maximum Gasteiger partial charge on any atom is 0.258 e. The van der Waals surface area contributed by atoms with Crippen molar-refractivity contribution in [3.05, 3.63) is 48.2 Å². The average Bonchev–Trinajstić information content (AvgIpc) is 2.72. The summed E-state index contributed by atoms with van der Waals surface area (Å²) in [5.41, 5.74) is 2.75. The van der Waals surface area contributed by atoms with Gasteiger partial charge in [0.15, 0.2) is 6.61 Å². The highest BCUT2D eigenvalue weighted by atomic mass is 16.5. The second kappa shape index (κ2) is 9.70. The van der Waals surface area contributed by atoms with Gasteiger partial charge in [-0.15, -0.1) is 0 Å². The molecule has 0 spiro atoms. The number of pyridine rings is 1. The van der Waals surface area contributed by atoms with Crippen LogP contribution in [0.2, 0.25) is 0 Å². The van der Waals surface area contributed by atoms with E-state index in [1.807, 2.05) is 12.1 Å². The van der Waals surface area contributed by atoms with Gasteiger partial charge in [0, 0.05) is 38.3 Å². The third-order valence-corrected chi connectivity index (χ3v) is 4.21. The molecule has 8 nitrogen and oxygen atoms in total. The molecule has 0 unspecified atom stereocenters. The minimum Gasteiger partial charge on any atom is -0.468 e. The summed E-state index contributed by atoms with van der Waals surface area (Å²) in [5, 5.41) is 5.44. The van der Waals surface area contributed by atoms with Crippen LogP contribution in [-0.4, -0.2) is 49.7 Å². The number of amides is 2. The van der Waals surface area contributed by atoms with Gasteiger partial charge >= 0.3 is 0 Å². The highest BCUT2D eigenvalue weighted by Gasteiger charge is 2.11. The predicted molar refractivity (Wildman–Crippen MR) is 105 cm³/mol. The molecule has 0 saturated carbocycles. The Hall–Kier alpha value is -3.13. The molecule has 3 rings (SSSR count). The standard InChI is InChI=1S/C20H24N4O4/c1-15(25)23-17-4-7-20(22-13-17)28-14-19(26)21-12-16-2-5-18(6-3-16)24-8-10-27-11-9-24/h2-7,13H,8-12,14H2,1H3,(H,21,26)(H,23,25). The molecule has 0 radical (unpaired) electrons. The second-order valence-electron chi connectivity index (χ2n) is 6.40. The summed E-state index contributed by atoms with van der Waals surface area (Å²) < 4.78 is 10.7. The molecule has 1 fully saturated rings. The summed E-state index contributed by atoms with van der Waals surface area (Å²) in [6.07, 6.45) is 1.48. The molecule has 2 N–H and O–H groups in total. The van der Waals surface area contributed by atoms with Crippen molar-refractivity contribution in [3.8, 4) is 5.88 Å². The Kier molecular flexibility index (Phi) is 6.80. The predicted octanol–water partition coefficient (Wildman–Crippen LogP) is 1.57. The molecular weight excluding hydrogens is 360 g/mol. The fraction of sp³-hybridized carbons (Fsp3) is 0.350. The van der Waals surface area contributed by atoms with Crippen LogP contribution < -0.4 is 20.3 Å². The van der Waals surface area contributed by atoms with Gasteiger partial charge in [-0.2, -0.15) is 0 Å². The number of hydrogen-bond donors (Lipinski definition) is 2. The molecule has 1 aromatic heterocycles. The Morgan fingerprint density at radius 2 is 1.89 bits per heavy atom. The largest absolute Gasteiger partial charge is 0.468 e. The first kappa shape index (κ1) is 19.6. The summed E-state index contributed by atoms with van der Waals surface area (Å²) in [7, 11) is 0. The number of anilines is 2. The van der Waals surface area contributed by atoms with E-state index in [-0.39, 0.29) is 18.4 Å². The number of nitrogens with zero attached hydrogens (tertiary/aromatic N) is 2. The van der Waals surface area contributed by atoms with Crippen molar-refractivity contribution in [2.75, 3.05) is 43.1 Å². The molecule has 2 amide bonds. The normalized spacial score (nSPS) is 13.7. The minimum atomic E-state index is -0.231. The number of morpholine rings is 1. The van der Waals surface area contributed by atoms with E-state index in [2.05, 4.69) is 32.7 Å². The van der Waals surface area contributed by atoms with Gasteiger partial charge in [0.25, 0.3) is 5.91 Å². The quantitative estimate of drug-likeness (QED) is 0.753. The van der Waals surface area contributed by atoms with Gasteiger partial charge in [0.1, 0.15) is 0 Å². The van der Waals surface area contributed by atoms with Crippen LogP contribution in [0.4, 0.5) is 11.4 Å². The third-order valence-electron chi connectivity index (χ3n) is 4.21. The topological polar surface area (TPSA) is 92.8 Å². The molecule has 1 saturated heterocycles. The fourth-order valence-corrected chi connectivity index (χ4v) is 2.78. The molecule has 148 valence electrons. The van der Waals surface area contributed by atoms with Crippen molar-refractivity contribution in [2.24, 2.45) is 0 Å². The van der Waals surface area contributed by atoms with Crippen molar-refractivity contribution in [3.63, 3.8) is 0 Å². The first-order valence-corrected chi connectivity index (χ1v) is 9.15. The lowest BCUT2D eigenvalue weighted by molar-refractivity contribution is -0.123. The number of ether oxygens (including phenoxy) is 2. The van der Waals surface area contributed by atoms with Gasteiger partial charge in [-0.05, 0) is 23.8 Å². The van der Waals surface area contributed by atoms with Crippen molar-refractivity contribution in [2.45, 2.75) is 13.5 Å². The van der Waals surface area contributed by atoms with Gasteiger partial charge in [0.05, 0.1) is 25.1 Å². The lowest BCUT2D eigenvalue weighted by Crippen LogP contribution is -2.36. The molecule has 2 aromatic rings. The van der Waals surface area contributed by atoms with Crippen molar-refractivity contribution in [1.29, 1.82) is 0 Å². The molecule has 0 bridgehead atoms. The van der Waals surface area contributed by atoms with Crippen LogP contribution in [-0.2, 0) is 20.9 Å². The van der Waals surface area contributed by atoms with Gasteiger partial charge in [-0.1, -0.05) is 12.1 Å². The van der Waals surface area contributed by atoms with E-state index in [1.165, 1.54) is 13.1 Å². The van der Waals surface area contributed by atoms with E-state index >= 15 is 0 Å². The molecule has 28 heavy (non-hydrogen) atoms. The second-order valence-corrected chi connectivity index (χ2v) is 6.40. The Balaban J connectivity index is 1.40. The minimum absolute atomic E-state index is 0.127. The molecular formula is C20H24N4O4. The summed E-state index contributed by atoms with van der Waals surface area (Å²) in [5.74, 6) is -0.0862. The van der Waals surface area contributed by atoms with E-state index in [0.29, 0.717) is 18.1 Å². The number of rotatable bonds is 7. The summed E-state index contributed by atoms with van der Waals surface area (Å²) in [4.78, 5) is 29.3. The maximum absolute atomic E-state index is 12.0. The van der Waals surface area contributed by atoms with Gasteiger partial charge in [-0.3, -0.25) is 9.59 Å². The van der Waals surface area contributed by atoms with Crippen molar-refractivity contribution >= 4 is 23.2 Å². The van der Waals surface area contributed by atoms with Crippen LogP contribution in [0.25, 0.3) is 0 Å². The Bertz CT molecular complexity index is 787. The molecule has 0 aliphatic carbocycles. The zero-order valence-electron chi connectivity index (χ0n) is 15.8. The molecule has 1 aromatic carbocycles. The summed E-state index contributed by atoms with van der Waals surface area (Å²) >= 11 is 0. The van der Waals surface area contributed by atoms with Crippen LogP contribution in [0, 0.1) is 0 Å². The lowest BCUT2D eigenvalue weighted by Gasteiger charge is -2.28.